The fourth-order valence-electron chi connectivity index (χ4n) is 1.95. The highest BCUT2D eigenvalue weighted by molar-refractivity contribution is 7.89. The Balaban J connectivity index is 2.16. The van der Waals surface area contributed by atoms with Crippen LogP contribution in [0, 0.1) is 0 Å². The largest absolute Gasteiger partial charge is 0.399 e. The van der Waals surface area contributed by atoms with E-state index in [1.165, 1.54) is 6.07 Å². The first kappa shape index (κ1) is 13.1. The molecule has 0 aromatic heterocycles. The Labute approximate surface area is 106 Å². The Morgan fingerprint density at radius 1 is 1.44 bits per heavy atom. The molecule has 1 aromatic carbocycles. The third-order valence-corrected chi connectivity index (χ3v) is 3.81. The number of rotatable bonds is 4. The second kappa shape index (κ2) is 5.13. The molecule has 100 valence electrons. The molecule has 0 bridgehead atoms. The maximum Gasteiger partial charge on any atom is 0.240 e. The lowest BCUT2D eigenvalue weighted by Crippen LogP contribution is -2.21. The number of nitrogens with two attached hydrogens (primary N) is 2. The number of nitrogens with one attached hydrogen (secondary N) is 1. The van der Waals surface area contributed by atoms with E-state index in [9.17, 15) is 8.42 Å². The summed E-state index contributed by atoms with van der Waals surface area (Å²) < 4.78 is 28.4. The van der Waals surface area contributed by atoms with Crippen LogP contribution in [0.4, 0.5) is 11.4 Å². The van der Waals surface area contributed by atoms with Crippen molar-refractivity contribution in [1.82, 2.24) is 0 Å². The van der Waals surface area contributed by atoms with Gasteiger partial charge in [-0.05, 0) is 31.0 Å². The number of sulfonamides is 1. The van der Waals surface area contributed by atoms with E-state index < -0.39 is 10.0 Å². The summed E-state index contributed by atoms with van der Waals surface area (Å²) in [7, 11) is -3.79. The van der Waals surface area contributed by atoms with E-state index in [1.54, 1.807) is 12.1 Å². The normalized spacial score (nSPS) is 19.9. The van der Waals surface area contributed by atoms with E-state index in [0.29, 0.717) is 17.9 Å². The average molecular weight is 271 g/mol. The molecule has 2 rings (SSSR count). The smallest absolute Gasteiger partial charge is 0.240 e. The van der Waals surface area contributed by atoms with E-state index in [2.05, 4.69) is 5.32 Å². The summed E-state index contributed by atoms with van der Waals surface area (Å²) in [5.74, 6) is 0. The van der Waals surface area contributed by atoms with Crippen molar-refractivity contribution in [3.05, 3.63) is 18.2 Å². The Hall–Kier alpha value is -1.31. The highest BCUT2D eigenvalue weighted by Gasteiger charge is 2.18. The molecule has 7 heteroatoms. The molecule has 1 heterocycles. The maximum absolute atomic E-state index is 11.5. The van der Waals surface area contributed by atoms with Gasteiger partial charge < -0.3 is 15.8 Å². The predicted molar refractivity (Wildman–Crippen MR) is 69.7 cm³/mol. The van der Waals surface area contributed by atoms with Gasteiger partial charge in [0.25, 0.3) is 0 Å². The van der Waals surface area contributed by atoms with Gasteiger partial charge in [0, 0.05) is 18.8 Å². The van der Waals surface area contributed by atoms with Crippen LogP contribution in [0.15, 0.2) is 23.1 Å². The number of benzene rings is 1. The van der Waals surface area contributed by atoms with Crippen molar-refractivity contribution in [2.24, 2.45) is 5.14 Å². The van der Waals surface area contributed by atoms with E-state index in [4.69, 9.17) is 15.6 Å². The summed E-state index contributed by atoms with van der Waals surface area (Å²) in [6.07, 6.45) is 2.14. The van der Waals surface area contributed by atoms with Crippen molar-refractivity contribution in [1.29, 1.82) is 0 Å². The zero-order valence-corrected chi connectivity index (χ0v) is 10.7. The highest BCUT2D eigenvalue weighted by atomic mass is 32.2. The van der Waals surface area contributed by atoms with Crippen LogP contribution < -0.4 is 16.2 Å². The molecule has 5 N–H and O–H groups in total. The topological polar surface area (TPSA) is 107 Å². The van der Waals surface area contributed by atoms with Gasteiger partial charge in [0.1, 0.15) is 4.90 Å². The standard InChI is InChI=1S/C11H17N3O3S/c12-8-3-4-10(11(6-8)18(13,15)16)14-7-9-2-1-5-17-9/h3-4,6,9,14H,1-2,5,7,12H2,(H2,13,15,16). The first-order chi connectivity index (χ1) is 8.47. The fourth-order valence-corrected chi connectivity index (χ4v) is 2.70. The Morgan fingerprint density at radius 2 is 2.22 bits per heavy atom. The quantitative estimate of drug-likeness (QED) is 0.691. The van der Waals surface area contributed by atoms with Crippen LogP contribution in [0.1, 0.15) is 12.8 Å². The van der Waals surface area contributed by atoms with Crippen LogP contribution in [-0.2, 0) is 14.8 Å². The van der Waals surface area contributed by atoms with Crippen molar-refractivity contribution >= 4 is 21.4 Å². The van der Waals surface area contributed by atoms with E-state index in [-0.39, 0.29) is 11.0 Å². The first-order valence-corrected chi connectivity index (χ1v) is 7.29. The summed E-state index contributed by atoms with van der Waals surface area (Å²) in [4.78, 5) is 0.0143. The number of hydrogen-bond acceptors (Lipinski definition) is 5. The molecule has 1 aliphatic rings. The third kappa shape index (κ3) is 3.12. The lowest BCUT2D eigenvalue weighted by atomic mass is 10.2. The molecule has 1 saturated heterocycles. The van der Waals surface area contributed by atoms with Gasteiger partial charge in [-0.1, -0.05) is 0 Å². The van der Waals surface area contributed by atoms with Gasteiger partial charge in [0.05, 0.1) is 11.8 Å². The van der Waals surface area contributed by atoms with Crippen molar-refractivity contribution in [3.8, 4) is 0 Å². The van der Waals surface area contributed by atoms with E-state index in [0.717, 1.165) is 19.4 Å². The monoisotopic (exact) mass is 271 g/mol. The van der Waals surface area contributed by atoms with Crippen molar-refractivity contribution in [2.75, 3.05) is 24.2 Å². The average Bonchev–Trinajstić information content (AvgIpc) is 2.79. The SMILES string of the molecule is Nc1ccc(NCC2CCCO2)c(S(N)(=O)=O)c1. The lowest BCUT2D eigenvalue weighted by molar-refractivity contribution is 0.120. The van der Waals surface area contributed by atoms with Gasteiger partial charge in [-0.25, -0.2) is 13.6 Å². The minimum atomic E-state index is -3.79. The van der Waals surface area contributed by atoms with Crippen LogP contribution in [0.5, 0.6) is 0 Å². The number of nitrogen functional groups attached to an aromatic ring is 1. The van der Waals surface area contributed by atoms with Gasteiger partial charge in [-0.15, -0.1) is 0 Å². The summed E-state index contributed by atoms with van der Waals surface area (Å²) >= 11 is 0. The first-order valence-electron chi connectivity index (χ1n) is 5.74. The van der Waals surface area contributed by atoms with Crippen LogP contribution >= 0.6 is 0 Å². The molecular weight excluding hydrogens is 254 g/mol. The molecule has 0 amide bonds. The number of hydrogen-bond donors (Lipinski definition) is 3. The summed E-state index contributed by atoms with van der Waals surface area (Å²) in [6.45, 7) is 1.32. The van der Waals surface area contributed by atoms with Gasteiger partial charge in [0.15, 0.2) is 0 Å². The molecule has 1 atom stereocenters. The van der Waals surface area contributed by atoms with Crippen molar-refractivity contribution < 1.29 is 13.2 Å². The van der Waals surface area contributed by atoms with Gasteiger partial charge in [-0.2, -0.15) is 0 Å². The minimum absolute atomic E-state index is 0.0143. The fraction of sp³-hybridized carbons (Fsp3) is 0.455. The van der Waals surface area contributed by atoms with Gasteiger partial charge >= 0.3 is 0 Å². The molecule has 0 aliphatic carbocycles. The summed E-state index contributed by atoms with van der Waals surface area (Å²) in [6, 6.07) is 4.60. The Bertz CT molecular complexity index is 524. The Morgan fingerprint density at radius 3 is 2.83 bits per heavy atom. The molecule has 1 aliphatic heterocycles. The van der Waals surface area contributed by atoms with Crippen LogP contribution in [0.3, 0.4) is 0 Å². The third-order valence-electron chi connectivity index (χ3n) is 2.86. The molecule has 6 nitrogen and oxygen atoms in total. The van der Waals surface area contributed by atoms with Crippen LogP contribution in [0.25, 0.3) is 0 Å². The molecule has 0 saturated carbocycles. The second-order valence-corrected chi connectivity index (χ2v) is 5.85. The highest BCUT2D eigenvalue weighted by Crippen LogP contribution is 2.23. The number of anilines is 2. The zero-order valence-electron chi connectivity index (χ0n) is 9.93. The second-order valence-electron chi connectivity index (χ2n) is 4.32. The van der Waals surface area contributed by atoms with Crippen molar-refractivity contribution in [2.45, 2.75) is 23.8 Å². The number of ether oxygens (including phenoxy) is 1. The van der Waals surface area contributed by atoms with E-state index >= 15 is 0 Å². The van der Waals surface area contributed by atoms with E-state index in [1.807, 2.05) is 0 Å². The summed E-state index contributed by atoms with van der Waals surface area (Å²) in [5, 5.41) is 8.20. The molecule has 0 spiro atoms. The van der Waals surface area contributed by atoms with Crippen LogP contribution in [0.2, 0.25) is 0 Å². The zero-order chi connectivity index (χ0) is 13.2. The summed E-state index contributed by atoms with van der Waals surface area (Å²) in [5.41, 5.74) is 6.39. The predicted octanol–water partition coefficient (Wildman–Crippen LogP) is 0.507. The van der Waals surface area contributed by atoms with Gasteiger partial charge in [-0.3, -0.25) is 0 Å². The van der Waals surface area contributed by atoms with Crippen molar-refractivity contribution in [3.63, 3.8) is 0 Å². The molecule has 0 radical (unpaired) electrons. The minimum Gasteiger partial charge on any atom is -0.399 e. The number of primary sulfonamides is 1. The molecular formula is C11H17N3O3S. The molecule has 1 aromatic rings. The molecule has 1 fully saturated rings. The molecule has 18 heavy (non-hydrogen) atoms. The van der Waals surface area contributed by atoms with Gasteiger partial charge in [0.2, 0.25) is 10.0 Å². The maximum atomic E-state index is 11.5. The van der Waals surface area contributed by atoms with Crippen LogP contribution in [-0.4, -0.2) is 27.7 Å². The molecule has 1 unspecified atom stereocenters. The lowest BCUT2D eigenvalue weighted by Gasteiger charge is -2.14. The Kier molecular flexibility index (Phi) is 3.74.